The quantitative estimate of drug-likeness (QED) is 0.678. The van der Waals surface area contributed by atoms with E-state index < -0.39 is 27.8 Å². The van der Waals surface area contributed by atoms with Crippen molar-refractivity contribution in [3.8, 4) is 0 Å². The third-order valence-corrected chi connectivity index (χ3v) is 8.00. The number of benzene rings is 1. The third kappa shape index (κ3) is 6.20. The molecule has 1 N–H and O–H groups in total. The minimum atomic E-state index is -4.36. The molecule has 2 heterocycles. The fourth-order valence-corrected chi connectivity index (χ4v) is 6.09. The van der Waals surface area contributed by atoms with Crippen molar-refractivity contribution in [2.75, 3.05) is 25.4 Å². The highest BCUT2D eigenvalue weighted by Gasteiger charge is 2.39. The van der Waals surface area contributed by atoms with E-state index in [4.69, 9.17) is 0 Å². The predicted octanol–water partition coefficient (Wildman–Crippen LogP) is 2.99. The highest BCUT2D eigenvalue weighted by atomic mass is 32.2. The van der Waals surface area contributed by atoms with Gasteiger partial charge in [-0.3, -0.25) is 9.69 Å². The van der Waals surface area contributed by atoms with Gasteiger partial charge in [-0.1, -0.05) is 25.1 Å². The Balaban J connectivity index is 1.51. The molecule has 31 heavy (non-hydrogen) atoms. The molecule has 1 aromatic carbocycles. The molecule has 3 rings (SSSR count). The number of amides is 1. The molecule has 1 aromatic rings. The second-order valence-electron chi connectivity index (χ2n) is 8.34. The molecule has 6 nitrogen and oxygen atoms in total. The van der Waals surface area contributed by atoms with Gasteiger partial charge in [0.1, 0.15) is 6.04 Å². The molecule has 0 aliphatic carbocycles. The van der Waals surface area contributed by atoms with Crippen LogP contribution in [0.3, 0.4) is 0 Å². The van der Waals surface area contributed by atoms with Crippen LogP contribution in [0.1, 0.15) is 50.2 Å². The number of piperidine rings is 1. The van der Waals surface area contributed by atoms with Crippen molar-refractivity contribution in [3.63, 3.8) is 0 Å². The Morgan fingerprint density at radius 3 is 2.52 bits per heavy atom. The molecule has 1 unspecified atom stereocenters. The Morgan fingerprint density at radius 1 is 1.16 bits per heavy atom. The first-order valence-electron chi connectivity index (χ1n) is 10.8. The molecule has 2 aliphatic heterocycles. The number of alkyl halides is 3. The van der Waals surface area contributed by atoms with Crippen LogP contribution in [-0.2, 0) is 27.5 Å². The zero-order valence-corrected chi connectivity index (χ0v) is 18.5. The zero-order valence-electron chi connectivity index (χ0n) is 17.7. The van der Waals surface area contributed by atoms with E-state index in [1.807, 2.05) is 0 Å². The summed E-state index contributed by atoms with van der Waals surface area (Å²) >= 11 is 0. The number of nitrogens with one attached hydrogen (secondary N) is 1. The fraction of sp³-hybridized carbons (Fsp3) is 0.667. The Hall–Kier alpha value is -1.65. The van der Waals surface area contributed by atoms with Crippen molar-refractivity contribution in [1.82, 2.24) is 14.5 Å². The predicted molar refractivity (Wildman–Crippen MR) is 112 cm³/mol. The van der Waals surface area contributed by atoms with Crippen LogP contribution >= 0.6 is 0 Å². The summed E-state index contributed by atoms with van der Waals surface area (Å²) in [6.45, 7) is 3.93. The lowest BCUT2D eigenvalue weighted by molar-refractivity contribution is -0.137. The van der Waals surface area contributed by atoms with Crippen LogP contribution in [0.4, 0.5) is 13.2 Å². The summed E-state index contributed by atoms with van der Waals surface area (Å²) in [7, 11) is -3.42. The number of rotatable bonds is 7. The van der Waals surface area contributed by atoms with Crippen LogP contribution in [0, 0.1) is 0 Å². The zero-order chi connectivity index (χ0) is 22.6. The molecule has 0 bridgehead atoms. The maximum absolute atomic E-state index is 12.9. The molecular weight excluding hydrogens is 431 g/mol. The van der Waals surface area contributed by atoms with Crippen molar-refractivity contribution in [2.45, 2.75) is 63.8 Å². The highest BCUT2D eigenvalue weighted by Crippen LogP contribution is 2.30. The minimum absolute atomic E-state index is 0.0463. The smallest absolute Gasteiger partial charge is 0.352 e. The summed E-state index contributed by atoms with van der Waals surface area (Å²) in [6, 6.07) is 4.67. The molecule has 1 atom stereocenters. The lowest BCUT2D eigenvalue weighted by Crippen LogP contribution is -2.51. The Kier molecular flexibility index (Phi) is 7.64. The second-order valence-corrected chi connectivity index (χ2v) is 10.4. The first-order valence-corrected chi connectivity index (χ1v) is 12.4. The summed E-state index contributed by atoms with van der Waals surface area (Å²) in [5.41, 5.74) is -0.0358. The molecule has 1 amide bonds. The molecule has 0 aromatic heterocycles. The molecular formula is C21H30F3N3O3S. The maximum Gasteiger partial charge on any atom is 0.416 e. The normalized spacial score (nSPS) is 22.0. The van der Waals surface area contributed by atoms with Gasteiger partial charge >= 0.3 is 6.18 Å². The van der Waals surface area contributed by atoms with Crippen molar-refractivity contribution < 1.29 is 26.4 Å². The van der Waals surface area contributed by atoms with Gasteiger partial charge in [0.25, 0.3) is 0 Å². The largest absolute Gasteiger partial charge is 0.416 e. The Morgan fingerprint density at radius 2 is 1.87 bits per heavy atom. The first-order chi connectivity index (χ1) is 14.6. The molecule has 10 heteroatoms. The van der Waals surface area contributed by atoms with E-state index >= 15 is 0 Å². The molecule has 2 aliphatic rings. The number of sulfonamides is 1. The summed E-state index contributed by atoms with van der Waals surface area (Å²) in [6.07, 6.45) is -1.28. The van der Waals surface area contributed by atoms with Crippen LogP contribution in [0.15, 0.2) is 24.3 Å². The van der Waals surface area contributed by atoms with Crippen molar-refractivity contribution >= 4 is 15.9 Å². The fourth-order valence-electron chi connectivity index (χ4n) is 4.35. The molecule has 0 saturated carbocycles. The maximum atomic E-state index is 12.9. The topological polar surface area (TPSA) is 69.7 Å². The Labute approximate surface area is 181 Å². The van der Waals surface area contributed by atoms with Crippen LogP contribution in [0.2, 0.25) is 0 Å². The summed E-state index contributed by atoms with van der Waals surface area (Å²) in [5.74, 6) is -0.196. The molecule has 2 fully saturated rings. The first kappa shape index (κ1) is 24.0. The average Bonchev–Trinajstić information content (AvgIpc) is 3.20. The summed E-state index contributed by atoms with van der Waals surface area (Å²) < 4.78 is 64.9. The van der Waals surface area contributed by atoms with E-state index in [-0.39, 0.29) is 17.7 Å². The molecule has 174 valence electrons. The highest BCUT2D eigenvalue weighted by molar-refractivity contribution is 7.89. The number of hydrogen-bond acceptors (Lipinski definition) is 4. The van der Waals surface area contributed by atoms with E-state index in [2.05, 4.69) is 10.2 Å². The average molecular weight is 462 g/mol. The molecule has 0 radical (unpaired) electrons. The van der Waals surface area contributed by atoms with Gasteiger partial charge in [-0.05, 0) is 43.7 Å². The standard InChI is InChI=1S/C21H30F3N3O3S/c1-2-13-31(29,30)27-10-4-7-19(27)20(28)25-18-8-11-26(12-9-18)15-16-5-3-6-17(14-16)21(22,23)24/h3,5-6,14,18-19H,2,4,7-13,15H2,1H3,(H,25,28). The van der Waals surface area contributed by atoms with E-state index in [1.165, 1.54) is 16.4 Å². The minimum Gasteiger partial charge on any atom is -0.352 e. The van der Waals surface area contributed by atoms with Crippen molar-refractivity contribution in [1.29, 1.82) is 0 Å². The van der Waals surface area contributed by atoms with E-state index in [9.17, 15) is 26.4 Å². The van der Waals surface area contributed by atoms with Gasteiger partial charge in [0.2, 0.25) is 15.9 Å². The monoisotopic (exact) mass is 461 g/mol. The van der Waals surface area contributed by atoms with E-state index in [0.29, 0.717) is 63.8 Å². The van der Waals surface area contributed by atoms with Crippen LogP contribution in [0.25, 0.3) is 0 Å². The van der Waals surface area contributed by atoms with Crippen molar-refractivity contribution in [3.05, 3.63) is 35.4 Å². The van der Waals surface area contributed by atoms with E-state index in [0.717, 1.165) is 6.07 Å². The lowest BCUT2D eigenvalue weighted by atomic mass is 10.0. The van der Waals surface area contributed by atoms with Gasteiger partial charge in [-0.25, -0.2) is 8.42 Å². The van der Waals surface area contributed by atoms with Crippen LogP contribution in [-0.4, -0.2) is 61.0 Å². The van der Waals surface area contributed by atoms with Gasteiger partial charge in [0.15, 0.2) is 0 Å². The van der Waals surface area contributed by atoms with Gasteiger partial charge in [-0.15, -0.1) is 0 Å². The lowest BCUT2D eigenvalue weighted by Gasteiger charge is -2.33. The number of carbonyl (C=O) groups is 1. The number of hydrogen-bond donors (Lipinski definition) is 1. The van der Waals surface area contributed by atoms with E-state index in [1.54, 1.807) is 13.0 Å². The van der Waals surface area contributed by atoms with Gasteiger partial charge in [0, 0.05) is 32.2 Å². The molecule has 0 spiro atoms. The number of nitrogens with zero attached hydrogens (tertiary/aromatic N) is 2. The number of halogens is 3. The van der Waals surface area contributed by atoms with Crippen molar-refractivity contribution in [2.24, 2.45) is 0 Å². The summed E-state index contributed by atoms with van der Waals surface area (Å²) in [5, 5.41) is 3.00. The SMILES string of the molecule is CCCS(=O)(=O)N1CCCC1C(=O)NC1CCN(Cc2cccc(C(F)(F)F)c2)CC1. The van der Waals surface area contributed by atoms with Gasteiger partial charge < -0.3 is 5.32 Å². The number of likely N-dealkylation sites (tertiary alicyclic amines) is 1. The second kappa shape index (κ2) is 9.87. The van der Waals surface area contributed by atoms with Gasteiger partial charge in [-0.2, -0.15) is 17.5 Å². The third-order valence-electron chi connectivity index (χ3n) is 5.92. The van der Waals surface area contributed by atoms with Crippen LogP contribution < -0.4 is 5.32 Å². The summed E-state index contributed by atoms with van der Waals surface area (Å²) in [4.78, 5) is 14.8. The van der Waals surface area contributed by atoms with Crippen LogP contribution in [0.5, 0.6) is 0 Å². The molecule has 2 saturated heterocycles. The number of carbonyl (C=O) groups excluding carboxylic acids is 1. The Bertz CT molecular complexity index is 868. The van der Waals surface area contributed by atoms with Gasteiger partial charge in [0.05, 0.1) is 11.3 Å².